The molecule has 0 aliphatic heterocycles. The third kappa shape index (κ3) is 6.52. The van der Waals surface area contributed by atoms with Gasteiger partial charge in [0.2, 0.25) is 5.82 Å². The summed E-state index contributed by atoms with van der Waals surface area (Å²) < 4.78 is 37.2. The number of anilines is 2. The number of ether oxygens (including phenoxy) is 1. The summed E-state index contributed by atoms with van der Waals surface area (Å²) in [6.07, 6.45) is 5.16. The highest BCUT2D eigenvalue weighted by molar-refractivity contribution is 6.12. The molecule has 0 bridgehead atoms. The number of halogens is 2. The van der Waals surface area contributed by atoms with Gasteiger partial charge in [-0.2, -0.15) is 14.6 Å². The number of hydrogen-bond acceptors (Lipinski definition) is 8. The lowest BCUT2D eigenvalue weighted by Gasteiger charge is -2.22. The van der Waals surface area contributed by atoms with Crippen LogP contribution < -0.4 is 27.2 Å². The maximum atomic E-state index is 15.1. The number of aromatic nitrogens is 3. The van der Waals surface area contributed by atoms with Crippen LogP contribution in [0.1, 0.15) is 33.3 Å². The summed E-state index contributed by atoms with van der Waals surface area (Å²) in [7, 11) is 0. The highest BCUT2D eigenvalue weighted by Crippen LogP contribution is 2.30. The van der Waals surface area contributed by atoms with Crippen LogP contribution in [-0.2, 0) is 6.54 Å². The van der Waals surface area contributed by atoms with Crippen LogP contribution in [-0.4, -0.2) is 51.7 Å². The fraction of sp³-hybridized carbons (Fsp3) is 0.400. The van der Waals surface area contributed by atoms with E-state index in [1.165, 1.54) is 12.1 Å². The summed E-state index contributed by atoms with van der Waals surface area (Å²) in [6, 6.07) is 4.27. The fourth-order valence-corrected chi connectivity index (χ4v) is 3.82. The van der Waals surface area contributed by atoms with E-state index in [0.717, 1.165) is 30.2 Å². The third-order valence-corrected chi connectivity index (χ3v) is 5.87. The van der Waals surface area contributed by atoms with Crippen molar-refractivity contribution in [3.63, 3.8) is 0 Å². The van der Waals surface area contributed by atoms with Gasteiger partial charge in [0.1, 0.15) is 12.4 Å². The first-order valence-electron chi connectivity index (χ1n) is 12.1. The van der Waals surface area contributed by atoms with Crippen molar-refractivity contribution in [2.24, 2.45) is 22.7 Å². The van der Waals surface area contributed by atoms with Crippen molar-refractivity contribution in [2.75, 3.05) is 37.0 Å². The average Bonchev–Trinajstić information content (AvgIpc) is 3.33. The van der Waals surface area contributed by atoms with Gasteiger partial charge in [-0.25, -0.2) is 15.2 Å². The number of hydrogen-bond donors (Lipinski definition) is 3. The summed E-state index contributed by atoms with van der Waals surface area (Å²) >= 11 is 0. The predicted molar refractivity (Wildman–Crippen MR) is 142 cm³/mol. The largest absolute Gasteiger partial charge is 0.489 e. The predicted octanol–water partition coefficient (Wildman–Crippen LogP) is 3.18. The van der Waals surface area contributed by atoms with Crippen molar-refractivity contribution in [3.05, 3.63) is 54.0 Å². The molecule has 3 rings (SSSR count). The van der Waals surface area contributed by atoms with Gasteiger partial charge in [-0.1, -0.05) is 27.7 Å². The Labute approximate surface area is 215 Å². The summed E-state index contributed by atoms with van der Waals surface area (Å²) in [5, 5.41) is 8.90. The number of rotatable bonds is 11. The zero-order chi connectivity index (χ0) is 27.1. The Morgan fingerprint density at radius 1 is 1.14 bits per heavy atom. The van der Waals surface area contributed by atoms with Gasteiger partial charge in [-0.3, -0.25) is 9.69 Å². The van der Waals surface area contributed by atoms with Gasteiger partial charge in [0, 0.05) is 36.6 Å². The van der Waals surface area contributed by atoms with E-state index >= 15 is 4.39 Å². The molecular formula is C25H35F2N9O. The molecule has 37 heavy (non-hydrogen) atoms. The van der Waals surface area contributed by atoms with E-state index in [2.05, 4.69) is 33.9 Å². The van der Waals surface area contributed by atoms with Gasteiger partial charge in [0.05, 0.1) is 17.4 Å². The minimum atomic E-state index is -1.21. The number of hydrazine groups is 1. The van der Waals surface area contributed by atoms with Crippen LogP contribution in [0.15, 0.2) is 41.9 Å². The number of benzene rings is 1. The van der Waals surface area contributed by atoms with Crippen molar-refractivity contribution in [3.8, 4) is 16.9 Å². The maximum absolute atomic E-state index is 15.1. The lowest BCUT2D eigenvalue weighted by atomic mass is 10.1. The molecule has 0 spiro atoms. The van der Waals surface area contributed by atoms with Crippen molar-refractivity contribution in [1.82, 2.24) is 19.7 Å². The maximum Gasteiger partial charge on any atom is 0.202 e. The summed E-state index contributed by atoms with van der Waals surface area (Å²) in [4.78, 5) is 6.32. The lowest BCUT2D eigenvalue weighted by molar-refractivity contribution is 0.216. The van der Waals surface area contributed by atoms with Crippen LogP contribution in [0.25, 0.3) is 11.1 Å². The zero-order valence-corrected chi connectivity index (χ0v) is 21.7. The molecule has 0 saturated carbocycles. The molecule has 0 radical (unpaired) electrons. The normalized spacial score (nSPS) is 12.0. The monoisotopic (exact) mass is 515 g/mol. The summed E-state index contributed by atoms with van der Waals surface area (Å²) in [5.74, 6) is 9.58. The highest BCUT2D eigenvalue weighted by Gasteiger charge is 2.24. The molecule has 1 aromatic carbocycles. The quantitative estimate of drug-likeness (QED) is 0.153. The molecule has 10 nitrogen and oxygen atoms in total. The SMILES string of the molecule is CCN(CC)CCOc1ccc(N(N)/C(=N\N)c2cc(-c3cnn(CC(C)C)c3)cnc2N)c(F)c1F. The molecule has 0 aliphatic carbocycles. The van der Waals surface area contributed by atoms with E-state index in [9.17, 15) is 4.39 Å². The van der Waals surface area contributed by atoms with E-state index in [0.29, 0.717) is 18.0 Å². The second-order valence-corrected chi connectivity index (χ2v) is 8.91. The molecule has 0 fully saturated rings. The summed E-state index contributed by atoms with van der Waals surface area (Å²) in [5.41, 5.74) is 7.50. The Hall–Kier alpha value is -3.77. The Balaban J connectivity index is 1.86. The van der Waals surface area contributed by atoms with Gasteiger partial charge >= 0.3 is 0 Å². The van der Waals surface area contributed by atoms with Gasteiger partial charge in [-0.05, 0) is 37.2 Å². The highest BCUT2D eigenvalue weighted by atomic mass is 19.2. The van der Waals surface area contributed by atoms with E-state index in [1.807, 2.05) is 24.7 Å². The number of pyridine rings is 1. The molecule has 2 aromatic heterocycles. The molecule has 12 heteroatoms. The standard InChI is InChI=1S/C25H35F2N9O/c1-5-34(6-2)9-10-37-21-8-7-20(22(26)23(21)27)36(30)25(33-29)19-11-17(12-31-24(19)28)18-13-32-35(15-18)14-16(3)4/h7-8,11-13,15-16H,5-6,9-10,14,29-30H2,1-4H3,(H2,28,31)/b33-25-. The van der Waals surface area contributed by atoms with Gasteiger partial charge in [-0.15, -0.1) is 0 Å². The Morgan fingerprint density at radius 2 is 1.86 bits per heavy atom. The molecule has 0 atom stereocenters. The third-order valence-electron chi connectivity index (χ3n) is 5.87. The van der Waals surface area contributed by atoms with Crippen LogP contribution in [0.4, 0.5) is 20.3 Å². The molecule has 6 N–H and O–H groups in total. The molecule has 200 valence electrons. The van der Waals surface area contributed by atoms with Gasteiger partial charge in [0.25, 0.3) is 0 Å². The molecule has 0 amide bonds. The van der Waals surface area contributed by atoms with Crippen LogP contribution in [0.5, 0.6) is 5.75 Å². The number of likely N-dealkylation sites (N-methyl/N-ethyl adjacent to an activating group) is 1. The second-order valence-electron chi connectivity index (χ2n) is 8.91. The van der Waals surface area contributed by atoms with E-state index in [4.69, 9.17) is 22.2 Å². The first-order valence-corrected chi connectivity index (χ1v) is 12.1. The molecule has 0 unspecified atom stereocenters. The molecular weight excluding hydrogens is 480 g/mol. The van der Waals surface area contributed by atoms with E-state index in [-0.39, 0.29) is 35.3 Å². The molecule has 0 aliphatic rings. The first-order chi connectivity index (χ1) is 17.7. The van der Waals surface area contributed by atoms with Crippen LogP contribution >= 0.6 is 0 Å². The Morgan fingerprint density at radius 3 is 2.51 bits per heavy atom. The number of hydrazone groups is 1. The van der Waals surface area contributed by atoms with Crippen molar-refractivity contribution in [1.29, 1.82) is 0 Å². The Bertz CT molecular complexity index is 1220. The van der Waals surface area contributed by atoms with Crippen LogP contribution in [0.3, 0.4) is 0 Å². The van der Waals surface area contributed by atoms with Crippen molar-refractivity contribution >= 4 is 17.3 Å². The van der Waals surface area contributed by atoms with Crippen LogP contribution in [0, 0.1) is 17.6 Å². The molecule has 3 aromatic rings. The molecule has 0 saturated heterocycles. The van der Waals surface area contributed by atoms with E-state index < -0.39 is 11.6 Å². The first kappa shape index (κ1) is 27.8. The summed E-state index contributed by atoms with van der Waals surface area (Å²) in [6.45, 7) is 11.4. The van der Waals surface area contributed by atoms with Gasteiger partial charge in [0.15, 0.2) is 17.4 Å². The number of amidine groups is 1. The Kier molecular flexibility index (Phi) is 9.36. The number of nitrogens with two attached hydrogens (primary N) is 3. The topological polar surface area (TPSA) is 137 Å². The van der Waals surface area contributed by atoms with Crippen molar-refractivity contribution < 1.29 is 13.5 Å². The minimum absolute atomic E-state index is 0.0650. The zero-order valence-electron chi connectivity index (χ0n) is 21.7. The average molecular weight is 516 g/mol. The number of nitrogens with zero attached hydrogens (tertiary/aromatic N) is 6. The second kappa shape index (κ2) is 12.5. The van der Waals surface area contributed by atoms with Gasteiger partial charge < -0.3 is 21.2 Å². The smallest absolute Gasteiger partial charge is 0.202 e. The molecule has 2 heterocycles. The number of nitrogen functional groups attached to an aromatic ring is 1. The minimum Gasteiger partial charge on any atom is -0.489 e. The van der Waals surface area contributed by atoms with Crippen LogP contribution in [0.2, 0.25) is 0 Å². The van der Waals surface area contributed by atoms with Crippen molar-refractivity contribution in [2.45, 2.75) is 34.2 Å². The van der Waals surface area contributed by atoms with E-state index in [1.54, 1.807) is 18.5 Å². The lowest BCUT2D eigenvalue weighted by Crippen LogP contribution is -2.40. The fourth-order valence-electron chi connectivity index (χ4n) is 3.82.